The highest BCUT2D eigenvalue weighted by molar-refractivity contribution is 6.05. The minimum Gasteiger partial charge on any atom is -0.480 e. The Hall–Kier alpha value is -3.42. The second kappa shape index (κ2) is 6.95. The van der Waals surface area contributed by atoms with Gasteiger partial charge in [-0.3, -0.25) is 14.4 Å². The van der Waals surface area contributed by atoms with Gasteiger partial charge in [0, 0.05) is 28.2 Å². The molecule has 0 fully saturated rings. The van der Waals surface area contributed by atoms with Crippen LogP contribution in [-0.2, 0) is 16.8 Å². The molecule has 1 amide bonds. The summed E-state index contributed by atoms with van der Waals surface area (Å²) >= 11 is 0. The van der Waals surface area contributed by atoms with Crippen molar-refractivity contribution in [2.45, 2.75) is 39.7 Å². The van der Waals surface area contributed by atoms with Crippen LogP contribution in [0.25, 0.3) is 10.9 Å². The number of anilines is 1. The van der Waals surface area contributed by atoms with Crippen molar-refractivity contribution in [3.8, 4) is 0 Å². The zero-order valence-corrected chi connectivity index (χ0v) is 16.2. The molecule has 0 saturated carbocycles. The highest BCUT2D eigenvalue weighted by atomic mass is 16.4. The Balaban J connectivity index is 1.89. The quantitative estimate of drug-likeness (QED) is 0.641. The number of carboxylic acids is 1. The summed E-state index contributed by atoms with van der Waals surface area (Å²) in [4.78, 5) is 43.1. The van der Waals surface area contributed by atoms with Crippen molar-refractivity contribution >= 4 is 28.5 Å². The van der Waals surface area contributed by atoms with E-state index in [-0.39, 0.29) is 17.5 Å². The molecule has 1 aromatic carbocycles. The van der Waals surface area contributed by atoms with E-state index in [1.807, 2.05) is 20.8 Å². The molecule has 0 unspecified atom stereocenters. The van der Waals surface area contributed by atoms with Gasteiger partial charge in [-0.25, -0.2) is 4.98 Å². The maximum Gasteiger partial charge on any atom is 0.323 e. The van der Waals surface area contributed by atoms with Gasteiger partial charge < -0.3 is 20.0 Å². The summed E-state index contributed by atoms with van der Waals surface area (Å²) in [6, 6.07) is 6.89. The van der Waals surface area contributed by atoms with Gasteiger partial charge in [-0.1, -0.05) is 20.8 Å². The normalized spacial score (nSPS) is 11.6. The number of fused-ring (bicyclic) bond motifs is 1. The molecule has 0 saturated heterocycles. The lowest BCUT2D eigenvalue weighted by Gasteiger charge is -2.18. The average Bonchev–Trinajstić information content (AvgIpc) is 2.95. The van der Waals surface area contributed by atoms with E-state index >= 15 is 0 Å². The summed E-state index contributed by atoms with van der Waals surface area (Å²) in [5.41, 5.74) is 0.752. The van der Waals surface area contributed by atoms with Crippen LogP contribution in [0.2, 0.25) is 0 Å². The molecule has 8 heteroatoms. The Morgan fingerprint density at radius 2 is 1.96 bits per heavy atom. The van der Waals surface area contributed by atoms with E-state index in [4.69, 9.17) is 5.11 Å². The topological polar surface area (TPSA) is 117 Å². The number of nitrogens with zero attached hydrogens (tertiary/aromatic N) is 2. The first-order chi connectivity index (χ1) is 13.1. The lowest BCUT2D eigenvalue weighted by molar-refractivity contribution is -0.137. The molecule has 3 N–H and O–H groups in total. The van der Waals surface area contributed by atoms with Gasteiger partial charge in [0.2, 0.25) is 0 Å². The van der Waals surface area contributed by atoms with E-state index in [0.717, 1.165) is 10.9 Å². The predicted octanol–water partition coefficient (Wildman–Crippen LogP) is 2.67. The Labute approximate surface area is 161 Å². The average molecular weight is 382 g/mol. The molecule has 0 aliphatic heterocycles. The smallest absolute Gasteiger partial charge is 0.323 e. The number of carboxylic acid groups (broad SMARTS) is 1. The van der Waals surface area contributed by atoms with E-state index in [0.29, 0.717) is 17.2 Å². The molecule has 28 heavy (non-hydrogen) atoms. The molecule has 0 aliphatic rings. The van der Waals surface area contributed by atoms with Crippen molar-refractivity contribution in [3.63, 3.8) is 0 Å². The zero-order chi connectivity index (χ0) is 20.6. The first-order valence-electron chi connectivity index (χ1n) is 8.79. The number of nitrogens with one attached hydrogen (secondary N) is 2. The molecule has 3 aromatic rings. The number of carbonyl (C=O) groups is 2. The summed E-state index contributed by atoms with van der Waals surface area (Å²) in [5.74, 6) is -0.959. The molecule has 0 spiro atoms. The minimum atomic E-state index is -0.934. The molecular weight excluding hydrogens is 360 g/mol. The molecule has 8 nitrogen and oxygen atoms in total. The predicted molar refractivity (Wildman–Crippen MR) is 106 cm³/mol. The van der Waals surface area contributed by atoms with Gasteiger partial charge in [-0.15, -0.1) is 0 Å². The molecule has 0 bridgehead atoms. The second-order valence-corrected chi connectivity index (χ2v) is 7.69. The lowest BCUT2D eigenvalue weighted by Crippen LogP contribution is -2.30. The van der Waals surface area contributed by atoms with E-state index in [2.05, 4.69) is 15.3 Å². The van der Waals surface area contributed by atoms with Crippen LogP contribution in [-0.4, -0.2) is 31.5 Å². The van der Waals surface area contributed by atoms with Crippen LogP contribution in [0.1, 0.15) is 42.6 Å². The largest absolute Gasteiger partial charge is 0.480 e. The Morgan fingerprint density at radius 3 is 2.57 bits per heavy atom. The molecule has 146 valence electrons. The number of aromatic nitrogens is 3. The van der Waals surface area contributed by atoms with Gasteiger partial charge in [0.05, 0.1) is 5.69 Å². The summed E-state index contributed by atoms with van der Waals surface area (Å²) in [5, 5.41) is 12.4. The fourth-order valence-electron chi connectivity index (χ4n) is 2.96. The Kier molecular flexibility index (Phi) is 4.80. The van der Waals surface area contributed by atoms with Gasteiger partial charge >= 0.3 is 5.97 Å². The summed E-state index contributed by atoms with van der Waals surface area (Å²) in [7, 11) is 0. The molecule has 0 aliphatic carbocycles. The molecule has 2 heterocycles. The molecule has 0 atom stereocenters. The van der Waals surface area contributed by atoms with Crippen LogP contribution in [0.4, 0.5) is 5.69 Å². The second-order valence-electron chi connectivity index (χ2n) is 7.69. The van der Waals surface area contributed by atoms with Crippen LogP contribution in [0.3, 0.4) is 0 Å². The van der Waals surface area contributed by atoms with E-state index in [9.17, 15) is 14.4 Å². The summed E-state index contributed by atoms with van der Waals surface area (Å²) < 4.78 is 1.60. The molecule has 2 aromatic heterocycles. The number of rotatable bonds is 4. The first-order valence-corrected chi connectivity index (χ1v) is 8.79. The van der Waals surface area contributed by atoms with Crippen molar-refractivity contribution in [2.75, 3.05) is 5.32 Å². The Morgan fingerprint density at radius 1 is 1.25 bits per heavy atom. The molecule has 0 radical (unpaired) electrons. The molecular formula is C20H22N4O4. The SMILES string of the molecule is Cc1nc(C(C)(C)C)[nH]c(=O)c1C(=O)Nc1ccc2c(ccn2CC(=O)O)c1. The zero-order valence-electron chi connectivity index (χ0n) is 16.2. The Bertz CT molecular complexity index is 1140. The van der Waals surface area contributed by atoms with Crippen molar-refractivity contribution in [1.82, 2.24) is 14.5 Å². The van der Waals surface area contributed by atoms with E-state index in [1.54, 1.807) is 42.0 Å². The van der Waals surface area contributed by atoms with Gasteiger partial charge in [0.15, 0.2) is 0 Å². The summed E-state index contributed by atoms with van der Waals surface area (Å²) in [6.07, 6.45) is 1.67. The van der Waals surface area contributed by atoms with Gasteiger partial charge in [0.25, 0.3) is 11.5 Å². The number of hydrogen-bond acceptors (Lipinski definition) is 4. The third-order valence-electron chi connectivity index (χ3n) is 4.37. The van der Waals surface area contributed by atoms with Crippen LogP contribution in [0.15, 0.2) is 35.3 Å². The molecule has 3 rings (SSSR count). The summed E-state index contributed by atoms with van der Waals surface area (Å²) in [6.45, 7) is 7.27. The monoisotopic (exact) mass is 382 g/mol. The number of aliphatic carboxylic acids is 1. The highest BCUT2D eigenvalue weighted by Crippen LogP contribution is 2.22. The highest BCUT2D eigenvalue weighted by Gasteiger charge is 2.22. The maximum absolute atomic E-state index is 12.6. The number of amides is 1. The van der Waals surface area contributed by atoms with Crippen LogP contribution >= 0.6 is 0 Å². The van der Waals surface area contributed by atoms with Crippen molar-refractivity contribution in [1.29, 1.82) is 0 Å². The van der Waals surface area contributed by atoms with Crippen LogP contribution < -0.4 is 10.9 Å². The van der Waals surface area contributed by atoms with Crippen LogP contribution in [0.5, 0.6) is 0 Å². The number of aromatic amines is 1. The number of benzene rings is 1. The fourth-order valence-corrected chi connectivity index (χ4v) is 2.96. The third-order valence-corrected chi connectivity index (χ3v) is 4.37. The first kappa shape index (κ1) is 19.3. The number of hydrogen-bond donors (Lipinski definition) is 3. The maximum atomic E-state index is 12.6. The van der Waals surface area contributed by atoms with Gasteiger partial charge in [-0.2, -0.15) is 0 Å². The van der Waals surface area contributed by atoms with E-state index < -0.39 is 17.4 Å². The van der Waals surface area contributed by atoms with Gasteiger partial charge in [0.1, 0.15) is 17.9 Å². The fraction of sp³-hybridized carbons (Fsp3) is 0.300. The number of aryl methyl sites for hydroxylation is 1. The third kappa shape index (κ3) is 3.80. The van der Waals surface area contributed by atoms with Gasteiger partial charge in [-0.05, 0) is 31.2 Å². The van der Waals surface area contributed by atoms with Crippen molar-refractivity contribution < 1.29 is 14.7 Å². The number of H-pyrrole nitrogens is 1. The lowest BCUT2D eigenvalue weighted by atomic mass is 9.95. The number of carbonyl (C=O) groups excluding carboxylic acids is 1. The van der Waals surface area contributed by atoms with Crippen LogP contribution in [0, 0.1) is 6.92 Å². The van der Waals surface area contributed by atoms with E-state index in [1.165, 1.54) is 0 Å². The minimum absolute atomic E-state index is 0.0310. The van der Waals surface area contributed by atoms with Crippen molar-refractivity contribution in [2.24, 2.45) is 0 Å². The standard InChI is InChI=1S/C20H22N4O4/c1-11-16(18(28)23-19(21-11)20(2,3)4)17(27)22-13-5-6-14-12(9-13)7-8-24(14)10-15(25)26/h5-9H,10H2,1-4H3,(H,22,27)(H,25,26)(H,21,23,28). The van der Waals surface area contributed by atoms with Crippen molar-refractivity contribution in [3.05, 3.63) is 57.9 Å².